The van der Waals surface area contributed by atoms with Crippen LogP contribution in [0.3, 0.4) is 0 Å². The van der Waals surface area contributed by atoms with E-state index in [1.807, 2.05) is 0 Å². The summed E-state index contributed by atoms with van der Waals surface area (Å²) < 4.78 is 6.68. The Hall–Kier alpha value is -0.540. The van der Waals surface area contributed by atoms with E-state index in [2.05, 4.69) is 41.2 Å². The molecule has 1 atom stereocenters. The van der Waals surface area contributed by atoms with Crippen LogP contribution in [0.5, 0.6) is 5.75 Å². The van der Waals surface area contributed by atoms with E-state index in [1.54, 1.807) is 7.11 Å². The van der Waals surface area contributed by atoms with Gasteiger partial charge in [-0.2, -0.15) is 0 Å². The standard InChI is InChI=1S/C14H20BrNO/c1-9-8-11(12-6-4-5-7-16-12)14(17-3)13(15)10(9)2/h8,12,16H,4-7H2,1-3H3. The molecule has 0 radical (unpaired) electrons. The number of benzene rings is 1. The van der Waals surface area contributed by atoms with Gasteiger partial charge in [0.2, 0.25) is 0 Å². The number of ether oxygens (including phenoxy) is 1. The van der Waals surface area contributed by atoms with Gasteiger partial charge in [-0.1, -0.05) is 12.5 Å². The van der Waals surface area contributed by atoms with Crippen molar-refractivity contribution in [3.05, 3.63) is 27.2 Å². The zero-order chi connectivity index (χ0) is 12.4. The number of aryl methyl sites for hydroxylation is 1. The lowest BCUT2D eigenvalue weighted by molar-refractivity contribution is 0.371. The first-order valence-electron chi connectivity index (χ1n) is 6.22. The summed E-state index contributed by atoms with van der Waals surface area (Å²) in [6.45, 7) is 5.39. The first kappa shape index (κ1) is 12.9. The maximum atomic E-state index is 5.58. The van der Waals surface area contributed by atoms with E-state index in [1.165, 1.54) is 36.0 Å². The lowest BCUT2D eigenvalue weighted by Gasteiger charge is -2.27. The molecule has 2 rings (SSSR count). The van der Waals surface area contributed by atoms with Crippen molar-refractivity contribution < 1.29 is 4.74 Å². The number of rotatable bonds is 2. The minimum absolute atomic E-state index is 0.439. The predicted octanol–water partition coefficient (Wildman–Crippen LogP) is 3.89. The fourth-order valence-corrected chi connectivity index (χ4v) is 3.16. The van der Waals surface area contributed by atoms with Crippen LogP contribution < -0.4 is 10.1 Å². The van der Waals surface area contributed by atoms with Crippen molar-refractivity contribution in [2.75, 3.05) is 13.7 Å². The van der Waals surface area contributed by atoms with Crippen molar-refractivity contribution in [3.8, 4) is 5.75 Å². The van der Waals surface area contributed by atoms with Crippen LogP contribution in [0.15, 0.2) is 10.5 Å². The molecule has 94 valence electrons. The largest absolute Gasteiger partial charge is 0.495 e. The first-order valence-corrected chi connectivity index (χ1v) is 7.01. The number of piperidine rings is 1. The highest BCUT2D eigenvalue weighted by Crippen LogP contribution is 2.39. The van der Waals surface area contributed by atoms with E-state index in [-0.39, 0.29) is 0 Å². The molecule has 1 heterocycles. The van der Waals surface area contributed by atoms with Crippen LogP contribution in [-0.2, 0) is 0 Å². The Balaban J connectivity index is 2.44. The Morgan fingerprint density at radius 1 is 1.35 bits per heavy atom. The smallest absolute Gasteiger partial charge is 0.138 e. The van der Waals surface area contributed by atoms with Crippen LogP contribution in [0.25, 0.3) is 0 Å². The lowest BCUT2D eigenvalue weighted by Crippen LogP contribution is -2.27. The summed E-state index contributed by atoms with van der Waals surface area (Å²) in [5.74, 6) is 0.993. The number of hydrogen-bond acceptors (Lipinski definition) is 2. The fraction of sp³-hybridized carbons (Fsp3) is 0.571. The molecule has 0 aliphatic carbocycles. The molecule has 1 unspecified atom stereocenters. The number of methoxy groups -OCH3 is 1. The molecule has 3 heteroatoms. The average Bonchev–Trinajstić information content (AvgIpc) is 2.36. The van der Waals surface area contributed by atoms with Gasteiger partial charge in [0.15, 0.2) is 0 Å². The molecule has 1 aliphatic heterocycles. The van der Waals surface area contributed by atoms with Crippen molar-refractivity contribution in [1.82, 2.24) is 5.32 Å². The van der Waals surface area contributed by atoms with Crippen LogP contribution in [0.1, 0.15) is 42.0 Å². The topological polar surface area (TPSA) is 21.3 Å². The summed E-state index contributed by atoms with van der Waals surface area (Å²) in [6.07, 6.45) is 3.78. The van der Waals surface area contributed by atoms with Gasteiger partial charge in [0.05, 0.1) is 11.6 Å². The average molecular weight is 298 g/mol. The second-order valence-electron chi connectivity index (χ2n) is 4.76. The Morgan fingerprint density at radius 2 is 2.12 bits per heavy atom. The Kier molecular flexibility index (Phi) is 4.10. The third-order valence-corrected chi connectivity index (χ3v) is 4.60. The highest BCUT2D eigenvalue weighted by Gasteiger charge is 2.21. The van der Waals surface area contributed by atoms with Crippen molar-refractivity contribution in [2.24, 2.45) is 0 Å². The molecule has 2 nitrogen and oxygen atoms in total. The maximum Gasteiger partial charge on any atom is 0.138 e. The molecule has 1 aromatic carbocycles. The molecule has 0 aromatic heterocycles. The van der Waals surface area contributed by atoms with Gasteiger partial charge in [-0.25, -0.2) is 0 Å². The molecular weight excluding hydrogens is 278 g/mol. The van der Waals surface area contributed by atoms with Gasteiger partial charge in [0.1, 0.15) is 5.75 Å². The summed E-state index contributed by atoms with van der Waals surface area (Å²) in [6, 6.07) is 2.70. The van der Waals surface area contributed by atoms with Crippen LogP contribution in [0, 0.1) is 13.8 Å². The van der Waals surface area contributed by atoms with E-state index in [4.69, 9.17) is 4.74 Å². The molecule has 0 spiro atoms. The molecule has 0 amide bonds. The molecule has 17 heavy (non-hydrogen) atoms. The van der Waals surface area contributed by atoms with Gasteiger partial charge in [0, 0.05) is 11.6 Å². The quantitative estimate of drug-likeness (QED) is 0.894. The second-order valence-corrected chi connectivity index (χ2v) is 5.55. The lowest BCUT2D eigenvalue weighted by atomic mass is 9.94. The van der Waals surface area contributed by atoms with E-state index in [9.17, 15) is 0 Å². The van der Waals surface area contributed by atoms with Gasteiger partial charge in [-0.3, -0.25) is 0 Å². The molecule has 1 saturated heterocycles. The highest BCUT2D eigenvalue weighted by atomic mass is 79.9. The minimum Gasteiger partial charge on any atom is -0.495 e. The van der Waals surface area contributed by atoms with Crippen molar-refractivity contribution in [3.63, 3.8) is 0 Å². The van der Waals surface area contributed by atoms with Gasteiger partial charge >= 0.3 is 0 Å². The summed E-state index contributed by atoms with van der Waals surface area (Å²) in [4.78, 5) is 0. The van der Waals surface area contributed by atoms with E-state index < -0.39 is 0 Å². The van der Waals surface area contributed by atoms with Gasteiger partial charge in [0.25, 0.3) is 0 Å². The van der Waals surface area contributed by atoms with Gasteiger partial charge < -0.3 is 10.1 Å². The Morgan fingerprint density at radius 3 is 2.71 bits per heavy atom. The molecule has 1 fully saturated rings. The summed E-state index contributed by atoms with van der Waals surface area (Å²) in [5.41, 5.74) is 3.88. The number of halogens is 1. The maximum absolute atomic E-state index is 5.58. The monoisotopic (exact) mass is 297 g/mol. The molecular formula is C14H20BrNO. The number of hydrogen-bond donors (Lipinski definition) is 1. The Bertz CT molecular complexity index is 411. The van der Waals surface area contributed by atoms with E-state index >= 15 is 0 Å². The van der Waals surface area contributed by atoms with Gasteiger partial charge in [-0.05, 0) is 60.3 Å². The molecule has 1 aliphatic rings. The zero-order valence-corrected chi connectivity index (χ0v) is 12.4. The zero-order valence-electron chi connectivity index (χ0n) is 10.8. The number of nitrogens with one attached hydrogen (secondary N) is 1. The summed E-state index contributed by atoms with van der Waals surface area (Å²) in [5, 5.41) is 3.58. The normalized spacial score (nSPS) is 20.4. The highest BCUT2D eigenvalue weighted by molar-refractivity contribution is 9.10. The van der Waals surface area contributed by atoms with Crippen LogP contribution in [0.2, 0.25) is 0 Å². The SMILES string of the molecule is COc1c(C2CCCCN2)cc(C)c(C)c1Br. The van der Waals surface area contributed by atoms with E-state index in [0.717, 1.165) is 16.8 Å². The molecule has 0 bridgehead atoms. The third kappa shape index (κ3) is 2.50. The van der Waals surface area contributed by atoms with Crippen molar-refractivity contribution in [2.45, 2.75) is 39.2 Å². The van der Waals surface area contributed by atoms with Crippen molar-refractivity contribution >= 4 is 15.9 Å². The summed E-state index contributed by atoms with van der Waals surface area (Å²) >= 11 is 3.66. The second kappa shape index (κ2) is 5.40. The van der Waals surface area contributed by atoms with Crippen LogP contribution >= 0.6 is 15.9 Å². The van der Waals surface area contributed by atoms with Crippen LogP contribution in [0.4, 0.5) is 0 Å². The van der Waals surface area contributed by atoms with Crippen LogP contribution in [-0.4, -0.2) is 13.7 Å². The first-order chi connectivity index (χ1) is 8.15. The predicted molar refractivity (Wildman–Crippen MR) is 74.8 cm³/mol. The van der Waals surface area contributed by atoms with Crippen molar-refractivity contribution in [1.29, 1.82) is 0 Å². The van der Waals surface area contributed by atoms with E-state index in [0.29, 0.717) is 6.04 Å². The molecule has 1 aromatic rings. The van der Waals surface area contributed by atoms with Gasteiger partial charge in [-0.15, -0.1) is 0 Å². The Labute approximate surface area is 112 Å². The molecule has 0 saturated carbocycles. The third-order valence-electron chi connectivity index (χ3n) is 3.64. The minimum atomic E-state index is 0.439. The summed E-state index contributed by atoms with van der Waals surface area (Å²) in [7, 11) is 1.75. The molecule has 1 N–H and O–H groups in total. The fourth-order valence-electron chi connectivity index (χ4n) is 2.46.